The molecule has 2 saturated carbocycles. The van der Waals surface area contributed by atoms with Gasteiger partial charge in [-0.3, -0.25) is 0 Å². The van der Waals surface area contributed by atoms with Crippen LogP contribution in [-0.4, -0.2) is 0 Å². The zero-order valence-electron chi connectivity index (χ0n) is 8.06. The van der Waals surface area contributed by atoms with Crippen molar-refractivity contribution in [2.24, 2.45) is 23.2 Å². The van der Waals surface area contributed by atoms with Crippen molar-refractivity contribution in [1.82, 2.24) is 0 Å². The molecule has 0 nitrogen and oxygen atoms in total. The molecule has 0 aromatic rings. The van der Waals surface area contributed by atoms with E-state index in [4.69, 9.17) is 0 Å². The van der Waals surface area contributed by atoms with Gasteiger partial charge in [0.15, 0.2) is 0 Å². The van der Waals surface area contributed by atoms with Crippen LogP contribution in [0, 0.1) is 29.3 Å². The predicted molar refractivity (Wildman–Crippen MR) is 43.8 cm³/mol. The zero-order chi connectivity index (χ0) is 7.35. The Morgan fingerprint density at radius 1 is 1.09 bits per heavy atom. The molecule has 0 aromatic carbocycles. The van der Waals surface area contributed by atoms with Gasteiger partial charge in [0.05, 0.1) is 0 Å². The van der Waals surface area contributed by atoms with E-state index in [0.29, 0.717) is 0 Å². The van der Waals surface area contributed by atoms with Crippen molar-refractivity contribution in [2.75, 3.05) is 0 Å². The maximum absolute atomic E-state index is 2.44. The largest absolute Gasteiger partial charge is 0.0625 e. The molecular weight excluding hydrogens is 124 g/mol. The van der Waals surface area contributed by atoms with Gasteiger partial charge in [-0.05, 0) is 36.0 Å². The van der Waals surface area contributed by atoms with Gasteiger partial charge < -0.3 is 0 Å². The van der Waals surface area contributed by atoms with Crippen LogP contribution >= 0.6 is 0 Å². The quantitative estimate of drug-likeness (QED) is 0.487. The topological polar surface area (TPSA) is 0 Å². The van der Waals surface area contributed by atoms with Crippen molar-refractivity contribution in [3.05, 3.63) is 0 Å². The molecule has 2 aliphatic rings. The second kappa shape index (κ2) is 2.45. The molecule has 60 valence electrons. The molecular formula is C10H18He. The molecule has 3 unspecified atom stereocenters. The minimum atomic E-state index is 0. The minimum absolute atomic E-state index is 0. The van der Waals surface area contributed by atoms with Crippen LogP contribution in [0.5, 0.6) is 0 Å². The summed E-state index contributed by atoms with van der Waals surface area (Å²) in [5, 5.41) is 0. The van der Waals surface area contributed by atoms with Crippen LogP contribution < -0.4 is 0 Å². The molecule has 0 bridgehead atoms. The van der Waals surface area contributed by atoms with Crippen molar-refractivity contribution in [2.45, 2.75) is 40.0 Å². The van der Waals surface area contributed by atoms with Gasteiger partial charge in [0.25, 0.3) is 0 Å². The fourth-order valence-electron chi connectivity index (χ4n) is 2.91. The smallest absolute Gasteiger partial charge is 0 e. The Balaban J connectivity index is 0.000000605. The number of hydrogen-bond acceptors (Lipinski definition) is 0. The predicted octanol–water partition coefficient (Wildman–Crippen LogP) is 3.08. The maximum Gasteiger partial charge on any atom is 0 e. The Hall–Kier alpha value is -0.0909. The van der Waals surface area contributed by atoms with Gasteiger partial charge in [-0.2, -0.15) is 0 Å². The van der Waals surface area contributed by atoms with Crippen LogP contribution in [-0.2, 0) is 0 Å². The summed E-state index contributed by atoms with van der Waals surface area (Å²) in [6, 6.07) is 0. The van der Waals surface area contributed by atoms with Crippen molar-refractivity contribution in [1.29, 1.82) is 0 Å². The van der Waals surface area contributed by atoms with E-state index in [9.17, 15) is 0 Å². The summed E-state index contributed by atoms with van der Waals surface area (Å²) in [4.78, 5) is 0. The third-order valence-electron chi connectivity index (χ3n) is 3.91. The van der Waals surface area contributed by atoms with Crippen LogP contribution in [0.3, 0.4) is 0 Å². The van der Waals surface area contributed by atoms with Crippen LogP contribution in [0.2, 0.25) is 0 Å². The van der Waals surface area contributed by atoms with Crippen molar-refractivity contribution in [3.8, 4) is 0 Å². The van der Waals surface area contributed by atoms with Crippen LogP contribution in [0.1, 0.15) is 40.0 Å². The van der Waals surface area contributed by atoms with Crippen molar-refractivity contribution < 1.29 is 6.15 Å². The van der Waals surface area contributed by atoms with E-state index in [-0.39, 0.29) is 6.15 Å². The molecule has 2 rings (SSSR count). The molecule has 0 aliphatic heterocycles. The van der Waals surface area contributed by atoms with Crippen molar-refractivity contribution >= 4 is 0 Å². The molecule has 0 N–H and O–H groups in total. The monoisotopic (exact) mass is 142 g/mol. The second-order valence-corrected chi connectivity index (χ2v) is 4.95. The SMILES string of the molecule is CC1CCC2C(C1)C2(C)C.[He]. The Bertz CT molecular complexity index is 151. The number of hydrogen-bond donors (Lipinski definition) is 0. The van der Waals surface area contributed by atoms with E-state index in [1.807, 2.05) is 0 Å². The summed E-state index contributed by atoms with van der Waals surface area (Å²) in [5.41, 5.74) is 0.727. The van der Waals surface area contributed by atoms with Gasteiger partial charge >= 0.3 is 0 Å². The fraction of sp³-hybridized carbons (Fsp3) is 1.00. The fourth-order valence-corrected chi connectivity index (χ4v) is 2.91. The molecule has 11 heavy (non-hydrogen) atoms. The average Bonchev–Trinajstić information content (AvgIpc) is 2.36. The minimum Gasteiger partial charge on any atom is -0.0625 e. The first-order chi connectivity index (χ1) is 4.62. The van der Waals surface area contributed by atoms with Gasteiger partial charge in [0, 0.05) is 6.15 Å². The van der Waals surface area contributed by atoms with Gasteiger partial charge in [-0.15, -0.1) is 0 Å². The van der Waals surface area contributed by atoms with Gasteiger partial charge in [0.2, 0.25) is 0 Å². The summed E-state index contributed by atoms with van der Waals surface area (Å²) >= 11 is 0. The molecule has 1 heteroatoms. The molecule has 2 fully saturated rings. The maximum atomic E-state index is 2.44. The summed E-state index contributed by atoms with van der Waals surface area (Å²) in [7, 11) is 0. The summed E-state index contributed by atoms with van der Waals surface area (Å²) < 4.78 is 0. The second-order valence-electron chi connectivity index (χ2n) is 4.95. The van der Waals surface area contributed by atoms with Gasteiger partial charge in [-0.25, -0.2) is 0 Å². The molecule has 0 spiro atoms. The van der Waals surface area contributed by atoms with Crippen LogP contribution in [0.15, 0.2) is 0 Å². The molecule has 3 atom stereocenters. The molecule has 0 heterocycles. The average molecular weight is 142 g/mol. The van der Waals surface area contributed by atoms with E-state index in [2.05, 4.69) is 20.8 Å². The molecule has 2 aliphatic carbocycles. The molecule has 0 radical (unpaired) electrons. The van der Waals surface area contributed by atoms with E-state index in [1.165, 1.54) is 19.3 Å². The Morgan fingerprint density at radius 3 is 2.18 bits per heavy atom. The van der Waals surface area contributed by atoms with E-state index < -0.39 is 0 Å². The van der Waals surface area contributed by atoms with E-state index >= 15 is 0 Å². The normalized spacial score (nSPS) is 45.5. The zero-order valence-corrected chi connectivity index (χ0v) is 8.06. The number of fused-ring (bicyclic) bond motifs is 1. The summed E-state index contributed by atoms with van der Waals surface area (Å²) in [6.45, 7) is 7.30. The summed E-state index contributed by atoms with van der Waals surface area (Å²) in [6.07, 6.45) is 4.51. The molecule has 0 saturated heterocycles. The van der Waals surface area contributed by atoms with Gasteiger partial charge in [-0.1, -0.05) is 27.2 Å². The molecule has 0 amide bonds. The van der Waals surface area contributed by atoms with Crippen molar-refractivity contribution in [3.63, 3.8) is 0 Å². The van der Waals surface area contributed by atoms with Gasteiger partial charge in [0.1, 0.15) is 0 Å². The standard InChI is InChI=1S/C10H18.He/c1-7-4-5-8-9(6-7)10(8,2)3;/h7-9H,4-6H2,1-3H3;. The first-order valence-electron chi connectivity index (χ1n) is 4.62. The molecule has 0 aromatic heterocycles. The van der Waals surface area contributed by atoms with E-state index in [0.717, 1.165) is 23.2 Å². The summed E-state index contributed by atoms with van der Waals surface area (Å²) in [5.74, 6) is 3.21. The van der Waals surface area contributed by atoms with Crippen LogP contribution in [0.25, 0.3) is 0 Å². The van der Waals surface area contributed by atoms with E-state index in [1.54, 1.807) is 0 Å². The Morgan fingerprint density at radius 2 is 1.73 bits per heavy atom. The first-order valence-corrected chi connectivity index (χ1v) is 4.62. The first kappa shape index (κ1) is 9.00. The third-order valence-corrected chi connectivity index (χ3v) is 3.91. The Labute approximate surface area is 70.1 Å². The van der Waals surface area contributed by atoms with Crippen LogP contribution in [0.4, 0.5) is 0 Å². The number of rotatable bonds is 0. The third kappa shape index (κ3) is 1.18. The Kier molecular flexibility index (Phi) is 2.01.